The Balaban J connectivity index is 1.76. The zero-order chi connectivity index (χ0) is 17.3. The van der Waals surface area contributed by atoms with E-state index in [2.05, 4.69) is 50.2 Å². The van der Waals surface area contributed by atoms with Crippen molar-refractivity contribution in [3.05, 3.63) is 66.2 Å². The molecule has 0 amide bonds. The van der Waals surface area contributed by atoms with Gasteiger partial charge in [0.1, 0.15) is 0 Å². The lowest BCUT2D eigenvalue weighted by Gasteiger charge is -2.33. The Morgan fingerprint density at radius 2 is 1.67 bits per heavy atom. The predicted octanol–water partition coefficient (Wildman–Crippen LogP) is 5.16. The van der Waals surface area contributed by atoms with Gasteiger partial charge in [0, 0.05) is 22.7 Å². The van der Waals surface area contributed by atoms with Crippen LogP contribution in [0.1, 0.15) is 32.3 Å². The van der Waals surface area contributed by atoms with E-state index in [9.17, 15) is 5.11 Å². The van der Waals surface area contributed by atoms with E-state index < -0.39 is 0 Å². The summed E-state index contributed by atoms with van der Waals surface area (Å²) in [6, 6.07) is 20.5. The third-order valence-corrected chi connectivity index (χ3v) is 5.98. The molecule has 3 heteroatoms. The molecular weight excluding hydrogens is 316 g/mol. The number of benzene rings is 2. The molecule has 1 N–H and O–H groups in total. The molecule has 0 fully saturated rings. The maximum Gasteiger partial charge on any atom is 0.0716 e. The molecular formula is C21H28O2S. The average molecular weight is 345 g/mol. The molecule has 2 aromatic carbocycles. The van der Waals surface area contributed by atoms with Crippen LogP contribution in [-0.4, -0.2) is 23.6 Å². The highest BCUT2D eigenvalue weighted by atomic mass is 32.2. The molecule has 130 valence electrons. The van der Waals surface area contributed by atoms with Crippen LogP contribution in [0.15, 0.2) is 65.6 Å². The third kappa shape index (κ3) is 5.97. The molecule has 0 aliphatic carbocycles. The molecule has 2 rings (SSSR count). The number of rotatable bonds is 10. The molecule has 0 aliphatic rings. The van der Waals surface area contributed by atoms with Crippen LogP contribution in [0.3, 0.4) is 0 Å². The third-order valence-electron chi connectivity index (χ3n) is 4.57. The van der Waals surface area contributed by atoms with Gasteiger partial charge in [-0.3, -0.25) is 0 Å². The number of ether oxygens (including phenoxy) is 1. The Morgan fingerprint density at radius 1 is 1.04 bits per heavy atom. The molecule has 0 radical (unpaired) electrons. The van der Waals surface area contributed by atoms with E-state index in [0.717, 1.165) is 12.2 Å². The van der Waals surface area contributed by atoms with Gasteiger partial charge in [0.05, 0.1) is 12.7 Å². The first-order chi connectivity index (χ1) is 11.6. The smallest absolute Gasteiger partial charge is 0.0716 e. The summed E-state index contributed by atoms with van der Waals surface area (Å²) in [5, 5.41) is 10.7. The minimum atomic E-state index is -0.352. The van der Waals surface area contributed by atoms with Gasteiger partial charge < -0.3 is 9.84 Å². The van der Waals surface area contributed by atoms with Crippen molar-refractivity contribution in [2.75, 3.05) is 12.4 Å². The zero-order valence-corrected chi connectivity index (χ0v) is 15.5. The molecule has 0 saturated heterocycles. The van der Waals surface area contributed by atoms with E-state index in [-0.39, 0.29) is 11.5 Å². The van der Waals surface area contributed by atoms with E-state index in [4.69, 9.17) is 4.74 Å². The first-order valence-electron chi connectivity index (χ1n) is 8.61. The van der Waals surface area contributed by atoms with Gasteiger partial charge in [-0.05, 0) is 30.5 Å². The molecule has 2 aromatic rings. The van der Waals surface area contributed by atoms with Crippen LogP contribution < -0.4 is 0 Å². The highest BCUT2D eigenvalue weighted by Gasteiger charge is 2.31. The molecule has 0 saturated carbocycles. The summed E-state index contributed by atoms with van der Waals surface area (Å²) < 4.78 is 5.73. The highest BCUT2D eigenvalue weighted by Crippen LogP contribution is 2.35. The van der Waals surface area contributed by atoms with Crippen LogP contribution in [0.4, 0.5) is 0 Å². The van der Waals surface area contributed by atoms with Crippen molar-refractivity contribution in [1.29, 1.82) is 0 Å². The van der Waals surface area contributed by atoms with Crippen molar-refractivity contribution in [3.63, 3.8) is 0 Å². The zero-order valence-electron chi connectivity index (χ0n) is 14.7. The van der Waals surface area contributed by atoms with Crippen LogP contribution in [0, 0.1) is 5.41 Å². The second-order valence-corrected chi connectivity index (χ2v) is 7.50. The maximum absolute atomic E-state index is 10.7. The van der Waals surface area contributed by atoms with Gasteiger partial charge in [0.2, 0.25) is 0 Å². The molecule has 0 heterocycles. The summed E-state index contributed by atoms with van der Waals surface area (Å²) >= 11 is 1.82. The summed E-state index contributed by atoms with van der Waals surface area (Å²) in [4.78, 5) is 1.25. The summed E-state index contributed by atoms with van der Waals surface area (Å²) in [7, 11) is 0. The van der Waals surface area contributed by atoms with Crippen molar-refractivity contribution >= 4 is 11.8 Å². The second-order valence-electron chi connectivity index (χ2n) is 6.45. The minimum absolute atomic E-state index is 0.101. The number of hydrogen-bond donors (Lipinski definition) is 1. The molecule has 24 heavy (non-hydrogen) atoms. The van der Waals surface area contributed by atoms with Crippen LogP contribution in [-0.2, 0) is 11.3 Å². The molecule has 0 unspecified atom stereocenters. The summed E-state index contributed by atoms with van der Waals surface area (Å²) in [5.41, 5.74) is 1.07. The van der Waals surface area contributed by atoms with Crippen molar-refractivity contribution < 1.29 is 9.84 Å². The molecule has 0 aromatic heterocycles. The number of hydrogen-bond acceptors (Lipinski definition) is 3. The van der Waals surface area contributed by atoms with Gasteiger partial charge in [0.25, 0.3) is 0 Å². The van der Waals surface area contributed by atoms with Crippen LogP contribution in [0.5, 0.6) is 0 Å². The molecule has 2 atom stereocenters. The Bertz CT molecular complexity index is 573. The van der Waals surface area contributed by atoms with Gasteiger partial charge in [0.15, 0.2) is 0 Å². The van der Waals surface area contributed by atoms with E-state index in [1.807, 2.05) is 36.0 Å². The lowest BCUT2D eigenvalue weighted by atomic mass is 9.82. The van der Waals surface area contributed by atoms with E-state index in [1.54, 1.807) is 0 Å². The fourth-order valence-corrected chi connectivity index (χ4v) is 3.75. The topological polar surface area (TPSA) is 29.5 Å². The van der Waals surface area contributed by atoms with E-state index >= 15 is 0 Å². The number of aliphatic hydroxyl groups excluding tert-OH is 1. The quantitative estimate of drug-likeness (QED) is 0.477. The Hall–Kier alpha value is -1.29. The van der Waals surface area contributed by atoms with Crippen LogP contribution in [0.25, 0.3) is 0 Å². The lowest BCUT2D eigenvalue weighted by molar-refractivity contribution is 0.0110. The molecule has 2 nitrogen and oxygen atoms in total. The standard InChI is InChI=1S/C21H28O2S/c1-3-21(2,17-24-19-12-8-5-9-13-19)20(22)14-15-23-16-18-10-6-4-7-11-18/h4-13,20,22H,3,14-17H2,1-2H3/t20-,21-/m0/s1. The first-order valence-corrected chi connectivity index (χ1v) is 9.60. The fraction of sp³-hybridized carbons (Fsp3) is 0.429. The van der Waals surface area contributed by atoms with Crippen molar-refractivity contribution in [2.45, 2.75) is 44.3 Å². The fourth-order valence-electron chi connectivity index (χ4n) is 2.51. The summed E-state index contributed by atoms with van der Waals surface area (Å²) in [6.07, 6.45) is 1.27. The number of thioether (sulfide) groups is 1. The molecule has 0 aliphatic heterocycles. The van der Waals surface area contributed by atoms with Gasteiger partial charge in [-0.1, -0.05) is 62.4 Å². The lowest BCUT2D eigenvalue weighted by Crippen LogP contribution is -2.35. The van der Waals surface area contributed by atoms with Crippen molar-refractivity contribution in [3.8, 4) is 0 Å². The second kappa shape index (κ2) is 9.87. The van der Waals surface area contributed by atoms with Crippen LogP contribution >= 0.6 is 11.8 Å². The van der Waals surface area contributed by atoms with E-state index in [0.29, 0.717) is 19.6 Å². The Kier molecular flexibility index (Phi) is 7.83. The Labute approximate surface area is 150 Å². The largest absolute Gasteiger partial charge is 0.392 e. The summed E-state index contributed by atoms with van der Waals surface area (Å²) in [5.74, 6) is 0.910. The minimum Gasteiger partial charge on any atom is -0.392 e. The number of aliphatic hydroxyl groups is 1. The van der Waals surface area contributed by atoms with Crippen molar-refractivity contribution in [2.24, 2.45) is 5.41 Å². The van der Waals surface area contributed by atoms with Crippen molar-refractivity contribution in [1.82, 2.24) is 0 Å². The normalized spacial score (nSPS) is 15.0. The highest BCUT2D eigenvalue weighted by molar-refractivity contribution is 7.99. The van der Waals surface area contributed by atoms with Gasteiger partial charge in [-0.25, -0.2) is 0 Å². The summed E-state index contributed by atoms with van der Waals surface area (Å²) in [6.45, 7) is 5.52. The molecule has 0 bridgehead atoms. The predicted molar refractivity (Wildman–Crippen MR) is 102 cm³/mol. The van der Waals surface area contributed by atoms with Crippen LogP contribution in [0.2, 0.25) is 0 Å². The molecule has 0 spiro atoms. The first kappa shape index (κ1) is 19.0. The van der Waals surface area contributed by atoms with Gasteiger partial charge >= 0.3 is 0 Å². The maximum atomic E-state index is 10.7. The van der Waals surface area contributed by atoms with E-state index in [1.165, 1.54) is 10.5 Å². The van der Waals surface area contributed by atoms with Gasteiger partial charge in [-0.15, -0.1) is 11.8 Å². The SMILES string of the molecule is CC[C@@](C)(CSc1ccccc1)[C@@H](O)CCOCc1ccccc1. The van der Waals surface area contributed by atoms with Gasteiger partial charge in [-0.2, -0.15) is 0 Å². The monoisotopic (exact) mass is 344 g/mol. The Morgan fingerprint density at radius 3 is 2.29 bits per heavy atom. The average Bonchev–Trinajstić information content (AvgIpc) is 2.64.